The van der Waals surface area contributed by atoms with E-state index in [1.165, 1.54) is 0 Å². The van der Waals surface area contributed by atoms with Crippen LogP contribution < -0.4 is 10.1 Å². The number of nitrogens with one attached hydrogen (secondary N) is 1. The molecule has 0 atom stereocenters. The van der Waals surface area contributed by atoms with Gasteiger partial charge in [0.15, 0.2) is 0 Å². The summed E-state index contributed by atoms with van der Waals surface area (Å²) in [4.78, 5) is 28.3. The summed E-state index contributed by atoms with van der Waals surface area (Å²) >= 11 is 0. The molecular formula is C21H29N5O5. The molecule has 0 radical (unpaired) electrons. The van der Waals surface area contributed by atoms with Gasteiger partial charge in [-0.05, 0) is 38.2 Å². The van der Waals surface area contributed by atoms with Gasteiger partial charge in [-0.25, -0.2) is 19.3 Å². The second kappa shape index (κ2) is 10.2. The zero-order valence-electron chi connectivity index (χ0n) is 18.0. The van der Waals surface area contributed by atoms with Gasteiger partial charge in [-0.3, -0.25) is 0 Å². The first-order valence-corrected chi connectivity index (χ1v) is 10.6. The number of nitrogens with zero attached hydrogens (tertiary/aromatic N) is 4. The highest BCUT2D eigenvalue weighted by Gasteiger charge is 2.42. The predicted octanol–water partition coefficient (Wildman–Crippen LogP) is 3.07. The Balaban J connectivity index is 1.75. The van der Waals surface area contributed by atoms with Gasteiger partial charge in [0.05, 0.1) is 24.5 Å². The summed E-state index contributed by atoms with van der Waals surface area (Å²) in [6.45, 7) is 2.55. The highest BCUT2D eigenvalue weighted by Crippen LogP contribution is 2.33. The largest absolute Gasteiger partial charge is 0.478 e. The number of carbonyl (C=O) groups is 2. The van der Waals surface area contributed by atoms with Crippen LogP contribution in [0.25, 0.3) is 11.4 Å². The van der Waals surface area contributed by atoms with Crippen molar-refractivity contribution < 1.29 is 24.2 Å². The quantitative estimate of drug-likeness (QED) is 0.580. The number of carboxylic acids is 1. The Bertz CT molecular complexity index is 907. The van der Waals surface area contributed by atoms with E-state index >= 15 is 0 Å². The van der Waals surface area contributed by atoms with Crippen LogP contribution >= 0.6 is 0 Å². The van der Waals surface area contributed by atoms with Crippen LogP contribution in [0, 0.1) is 0 Å². The number of aromatic nitrogens is 4. The van der Waals surface area contributed by atoms with E-state index in [2.05, 4.69) is 20.6 Å². The molecule has 0 unspecified atom stereocenters. The molecule has 2 aromatic rings. The number of pyridine rings is 1. The van der Waals surface area contributed by atoms with Gasteiger partial charge in [-0.15, -0.1) is 5.10 Å². The highest BCUT2D eigenvalue weighted by molar-refractivity contribution is 5.78. The molecule has 0 bridgehead atoms. The molecular weight excluding hydrogens is 402 g/mol. The predicted molar refractivity (Wildman–Crippen MR) is 111 cm³/mol. The van der Waals surface area contributed by atoms with Gasteiger partial charge in [0.1, 0.15) is 5.69 Å². The van der Waals surface area contributed by atoms with E-state index in [4.69, 9.17) is 9.47 Å². The lowest BCUT2D eigenvalue weighted by molar-refractivity contribution is -0.158. The maximum Gasteiger partial charge on any atom is 0.407 e. The number of ether oxygens (including phenoxy) is 2. The summed E-state index contributed by atoms with van der Waals surface area (Å²) < 4.78 is 12.6. The monoisotopic (exact) mass is 431 g/mol. The summed E-state index contributed by atoms with van der Waals surface area (Å²) in [6.07, 6.45) is 4.76. The third-order valence-corrected chi connectivity index (χ3v) is 5.39. The molecule has 3 rings (SSSR count). The van der Waals surface area contributed by atoms with Crippen LogP contribution in [0.3, 0.4) is 0 Å². The minimum Gasteiger partial charge on any atom is -0.478 e. The molecule has 1 aliphatic rings. The molecule has 1 saturated carbocycles. The second-order valence-corrected chi connectivity index (χ2v) is 7.67. The minimum atomic E-state index is -1.25. The van der Waals surface area contributed by atoms with E-state index < -0.39 is 17.7 Å². The van der Waals surface area contributed by atoms with E-state index in [9.17, 15) is 14.7 Å². The third-order valence-electron chi connectivity index (χ3n) is 5.39. The van der Waals surface area contributed by atoms with Crippen molar-refractivity contribution in [1.29, 1.82) is 0 Å². The van der Waals surface area contributed by atoms with Gasteiger partial charge >= 0.3 is 12.1 Å². The summed E-state index contributed by atoms with van der Waals surface area (Å²) in [7, 11) is 1.72. The fraction of sp³-hybridized carbons (Fsp3) is 0.571. The van der Waals surface area contributed by atoms with Crippen molar-refractivity contribution in [3.63, 3.8) is 0 Å². The topological polar surface area (TPSA) is 128 Å². The summed E-state index contributed by atoms with van der Waals surface area (Å²) in [5.74, 6) is -0.740. The molecule has 1 amide bonds. The van der Waals surface area contributed by atoms with E-state index in [1.807, 2.05) is 6.92 Å². The Labute approximate surface area is 181 Å². The third kappa shape index (κ3) is 5.50. The van der Waals surface area contributed by atoms with Gasteiger partial charge in [0, 0.05) is 13.1 Å². The van der Waals surface area contributed by atoms with Gasteiger partial charge in [0.2, 0.25) is 11.5 Å². The Hall–Kier alpha value is -3.17. The number of hydrogen-bond acceptors (Lipinski definition) is 7. The Morgan fingerprint density at radius 3 is 2.74 bits per heavy atom. The van der Waals surface area contributed by atoms with Gasteiger partial charge in [-0.1, -0.05) is 31.0 Å². The minimum absolute atomic E-state index is 0.162. The molecule has 1 aliphatic carbocycles. The Kier molecular flexibility index (Phi) is 7.43. The highest BCUT2D eigenvalue weighted by atomic mass is 16.5. The number of carbonyl (C=O) groups excluding carboxylic acids is 1. The van der Waals surface area contributed by atoms with E-state index in [1.54, 1.807) is 29.9 Å². The van der Waals surface area contributed by atoms with Crippen LogP contribution in [-0.4, -0.2) is 49.4 Å². The number of amides is 1. The first kappa shape index (κ1) is 22.5. The summed E-state index contributed by atoms with van der Waals surface area (Å²) in [6, 6.07) is 5.12. The van der Waals surface area contributed by atoms with Gasteiger partial charge in [-0.2, -0.15) is 0 Å². The van der Waals surface area contributed by atoms with Crippen LogP contribution in [0.4, 0.5) is 4.79 Å². The van der Waals surface area contributed by atoms with Crippen molar-refractivity contribution in [1.82, 2.24) is 25.3 Å². The zero-order valence-corrected chi connectivity index (χ0v) is 18.0. The maximum absolute atomic E-state index is 11.9. The lowest BCUT2D eigenvalue weighted by atomic mass is 9.84. The van der Waals surface area contributed by atoms with Crippen molar-refractivity contribution in [3.05, 3.63) is 23.9 Å². The second-order valence-electron chi connectivity index (χ2n) is 7.67. The van der Waals surface area contributed by atoms with Crippen molar-refractivity contribution in [3.8, 4) is 17.3 Å². The van der Waals surface area contributed by atoms with Crippen LogP contribution in [-0.2, 0) is 23.1 Å². The van der Waals surface area contributed by atoms with Gasteiger partial charge < -0.3 is 19.9 Å². The molecule has 0 spiro atoms. The molecule has 0 saturated heterocycles. The smallest absolute Gasteiger partial charge is 0.407 e. The zero-order chi connectivity index (χ0) is 22.3. The molecule has 31 heavy (non-hydrogen) atoms. The fourth-order valence-corrected chi connectivity index (χ4v) is 3.58. The van der Waals surface area contributed by atoms with Crippen LogP contribution in [0.1, 0.15) is 57.6 Å². The number of carboxylic acid groups (broad SMARTS) is 1. The summed E-state index contributed by atoms with van der Waals surface area (Å²) in [5, 5.41) is 20.6. The van der Waals surface area contributed by atoms with Gasteiger partial charge in [0.25, 0.3) is 0 Å². The number of hydrogen-bond donors (Lipinski definition) is 2. The number of rotatable bonds is 9. The lowest BCUT2D eigenvalue weighted by Crippen LogP contribution is -2.46. The van der Waals surface area contributed by atoms with Crippen LogP contribution in [0.2, 0.25) is 0 Å². The molecule has 168 valence electrons. The molecule has 2 N–H and O–H groups in total. The van der Waals surface area contributed by atoms with E-state index in [-0.39, 0.29) is 12.4 Å². The number of aliphatic carboxylic acids is 1. The lowest BCUT2D eigenvalue weighted by Gasteiger charge is -2.33. The molecule has 10 heteroatoms. The molecule has 0 aliphatic heterocycles. The molecule has 2 heterocycles. The normalized spacial score (nSPS) is 15.3. The Morgan fingerprint density at radius 1 is 1.26 bits per heavy atom. The molecule has 2 aromatic heterocycles. The van der Waals surface area contributed by atoms with Crippen molar-refractivity contribution in [2.45, 2.75) is 64.0 Å². The standard InChI is InChI=1S/C21H29N5O5/c1-3-4-13-30-20(29)22-14-16-18(24-25-26(16)2)15-9-8-10-17(23-15)31-21(19(27)28)11-6-5-7-12-21/h8-10H,3-7,11-14H2,1-2H3,(H,22,29)(H,27,28). The molecule has 0 aromatic carbocycles. The summed E-state index contributed by atoms with van der Waals surface area (Å²) in [5.41, 5.74) is 0.356. The maximum atomic E-state index is 11.9. The number of alkyl carbamates (subject to hydrolysis) is 1. The average molecular weight is 431 g/mol. The SMILES string of the molecule is CCCCOC(=O)NCc1c(-c2cccc(OC3(C(=O)O)CCCCC3)n2)nnn1C. The van der Waals surface area contributed by atoms with E-state index in [0.717, 1.165) is 32.1 Å². The number of aryl methyl sites for hydroxylation is 1. The average Bonchev–Trinajstić information content (AvgIpc) is 3.13. The molecule has 10 nitrogen and oxygen atoms in total. The molecule has 1 fully saturated rings. The first-order valence-electron chi connectivity index (χ1n) is 10.6. The van der Waals surface area contributed by atoms with Crippen molar-refractivity contribution in [2.24, 2.45) is 7.05 Å². The number of unbranched alkanes of at least 4 members (excludes halogenated alkanes) is 1. The van der Waals surface area contributed by atoms with Crippen LogP contribution in [0.15, 0.2) is 18.2 Å². The fourth-order valence-electron chi connectivity index (χ4n) is 3.58. The van der Waals surface area contributed by atoms with E-state index in [0.29, 0.717) is 36.5 Å². The Morgan fingerprint density at radius 2 is 2.03 bits per heavy atom. The first-order chi connectivity index (χ1) is 14.9. The van der Waals surface area contributed by atoms with Crippen molar-refractivity contribution >= 4 is 12.1 Å². The van der Waals surface area contributed by atoms with Crippen molar-refractivity contribution in [2.75, 3.05) is 6.61 Å². The van der Waals surface area contributed by atoms with Crippen LogP contribution in [0.5, 0.6) is 5.88 Å².